The smallest absolute Gasteiger partial charge is 0.251 e. The second-order valence-corrected chi connectivity index (χ2v) is 5.48. The number of amides is 1. The molecule has 1 aromatic carbocycles. The Balaban J connectivity index is 1.80. The molecule has 1 fully saturated rings. The summed E-state index contributed by atoms with van der Waals surface area (Å²) in [6.45, 7) is 2.12. The van der Waals surface area contributed by atoms with Gasteiger partial charge in [0.15, 0.2) is 0 Å². The highest BCUT2D eigenvalue weighted by atomic mass is 16.1. The molecule has 1 aliphatic rings. The maximum Gasteiger partial charge on any atom is 0.251 e. The number of hydrogen-bond acceptors (Lipinski definition) is 1. The third kappa shape index (κ3) is 3.86. The molecular weight excluding hydrogens is 222 g/mol. The molecule has 2 rings (SSSR count). The standard InChI is InChI=1S/C16H23NO/c1-13(12-14-8-4-2-5-9-14)17-16(18)15-10-6-3-7-11-15/h3,6-7,10-11,13-14H,2,4-5,8-9,12H2,1H3,(H,17,18)/t13-/m0/s1. The molecule has 0 unspecified atom stereocenters. The molecule has 0 bridgehead atoms. The third-order valence-electron chi connectivity index (χ3n) is 3.83. The Kier molecular flexibility index (Phi) is 4.80. The molecule has 2 heteroatoms. The second-order valence-electron chi connectivity index (χ2n) is 5.48. The minimum absolute atomic E-state index is 0.0545. The van der Waals surface area contributed by atoms with Gasteiger partial charge >= 0.3 is 0 Å². The molecule has 1 aromatic rings. The van der Waals surface area contributed by atoms with Crippen molar-refractivity contribution in [3.8, 4) is 0 Å². The number of carbonyl (C=O) groups is 1. The summed E-state index contributed by atoms with van der Waals surface area (Å²) in [4.78, 5) is 12.0. The number of benzene rings is 1. The summed E-state index contributed by atoms with van der Waals surface area (Å²) in [5.41, 5.74) is 0.757. The van der Waals surface area contributed by atoms with E-state index in [4.69, 9.17) is 0 Å². The van der Waals surface area contributed by atoms with E-state index in [0.717, 1.165) is 17.9 Å². The van der Waals surface area contributed by atoms with Gasteiger partial charge in [-0.2, -0.15) is 0 Å². The molecule has 0 radical (unpaired) electrons. The van der Waals surface area contributed by atoms with Crippen molar-refractivity contribution in [2.75, 3.05) is 0 Å². The second kappa shape index (κ2) is 6.58. The van der Waals surface area contributed by atoms with Crippen molar-refractivity contribution in [2.45, 2.75) is 51.5 Å². The SMILES string of the molecule is C[C@@H](CC1CCCCC1)NC(=O)c1ccccc1. The fraction of sp³-hybridized carbons (Fsp3) is 0.562. The molecule has 1 atom stereocenters. The summed E-state index contributed by atoms with van der Waals surface area (Å²) < 4.78 is 0. The van der Waals surface area contributed by atoms with E-state index in [2.05, 4.69) is 12.2 Å². The normalized spacial score (nSPS) is 18.3. The maximum absolute atomic E-state index is 12.0. The molecule has 1 saturated carbocycles. The van der Waals surface area contributed by atoms with Crippen molar-refractivity contribution < 1.29 is 4.79 Å². The van der Waals surface area contributed by atoms with Crippen LogP contribution in [0, 0.1) is 5.92 Å². The Hall–Kier alpha value is -1.31. The van der Waals surface area contributed by atoms with E-state index in [1.165, 1.54) is 32.1 Å². The van der Waals surface area contributed by atoms with Crippen LogP contribution in [0.2, 0.25) is 0 Å². The van der Waals surface area contributed by atoms with Gasteiger partial charge in [0.2, 0.25) is 0 Å². The minimum Gasteiger partial charge on any atom is -0.350 e. The lowest BCUT2D eigenvalue weighted by molar-refractivity contribution is 0.0933. The molecule has 1 N–H and O–H groups in total. The first-order valence-electron chi connectivity index (χ1n) is 7.11. The van der Waals surface area contributed by atoms with Crippen LogP contribution in [0.15, 0.2) is 30.3 Å². The van der Waals surface area contributed by atoms with Crippen LogP contribution < -0.4 is 5.32 Å². The van der Waals surface area contributed by atoms with Crippen LogP contribution >= 0.6 is 0 Å². The summed E-state index contributed by atoms with van der Waals surface area (Å²) >= 11 is 0. The van der Waals surface area contributed by atoms with Crippen molar-refractivity contribution in [1.82, 2.24) is 5.32 Å². The zero-order valence-electron chi connectivity index (χ0n) is 11.2. The van der Waals surface area contributed by atoms with Gasteiger partial charge in [-0.1, -0.05) is 50.3 Å². The van der Waals surface area contributed by atoms with Gasteiger partial charge in [-0.25, -0.2) is 0 Å². The number of hydrogen-bond donors (Lipinski definition) is 1. The Morgan fingerprint density at radius 3 is 2.56 bits per heavy atom. The van der Waals surface area contributed by atoms with Gasteiger partial charge in [-0.3, -0.25) is 4.79 Å². The summed E-state index contributed by atoms with van der Waals surface area (Å²) in [5.74, 6) is 0.865. The number of rotatable bonds is 4. The van der Waals surface area contributed by atoms with E-state index in [1.54, 1.807) is 0 Å². The highest BCUT2D eigenvalue weighted by Crippen LogP contribution is 2.27. The molecular formula is C16H23NO. The average molecular weight is 245 g/mol. The average Bonchev–Trinajstić information content (AvgIpc) is 2.40. The Bertz CT molecular complexity index is 368. The van der Waals surface area contributed by atoms with Crippen LogP contribution in [0.5, 0.6) is 0 Å². The van der Waals surface area contributed by atoms with E-state index < -0.39 is 0 Å². The molecule has 0 aromatic heterocycles. The molecule has 18 heavy (non-hydrogen) atoms. The monoisotopic (exact) mass is 245 g/mol. The zero-order chi connectivity index (χ0) is 12.8. The molecule has 98 valence electrons. The lowest BCUT2D eigenvalue weighted by Crippen LogP contribution is -2.34. The van der Waals surface area contributed by atoms with Gasteiger partial charge < -0.3 is 5.32 Å². The first-order chi connectivity index (χ1) is 8.75. The van der Waals surface area contributed by atoms with Crippen molar-refractivity contribution in [3.63, 3.8) is 0 Å². The van der Waals surface area contributed by atoms with Crippen LogP contribution in [0.1, 0.15) is 55.8 Å². The third-order valence-corrected chi connectivity index (χ3v) is 3.83. The van der Waals surface area contributed by atoms with E-state index in [0.29, 0.717) is 0 Å². The topological polar surface area (TPSA) is 29.1 Å². The first kappa shape index (κ1) is 13.1. The van der Waals surface area contributed by atoms with Crippen LogP contribution in [-0.4, -0.2) is 11.9 Å². The molecule has 1 amide bonds. The zero-order valence-corrected chi connectivity index (χ0v) is 11.2. The quantitative estimate of drug-likeness (QED) is 0.859. The van der Waals surface area contributed by atoms with Crippen molar-refractivity contribution in [2.24, 2.45) is 5.92 Å². The lowest BCUT2D eigenvalue weighted by Gasteiger charge is -2.25. The van der Waals surface area contributed by atoms with Gasteiger partial charge in [0.25, 0.3) is 5.91 Å². The van der Waals surface area contributed by atoms with E-state index in [-0.39, 0.29) is 11.9 Å². The Morgan fingerprint density at radius 2 is 1.89 bits per heavy atom. The number of nitrogens with one attached hydrogen (secondary N) is 1. The van der Waals surface area contributed by atoms with E-state index >= 15 is 0 Å². The fourth-order valence-corrected chi connectivity index (χ4v) is 2.88. The predicted molar refractivity (Wildman–Crippen MR) is 74.6 cm³/mol. The molecule has 0 spiro atoms. The molecule has 0 saturated heterocycles. The van der Waals surface area contributed by atoms with E-state index in [9.17, 15) is 4.79 Å². The van der Waals surface area contributed by atoms with Crippen LogP contribution in [0.25, 0.3) is 0 Å². The van der Waals surface area contributed by atoms with Crippen molar-refractivity contribution >= 4 is 5.91 Å². The highest BCUT2D eigenvalue weighted by molar-refractivity contribution is 5.94. The minimum atomic E-state index is 0.0545. The highest BCUT2D eigenvalue weighted by Gasteiger charge is 2.17. The van der Waals surface area contributed by atoms with Crippen molar-refractivity contribution in [1.29, 1.82) is 0 Å². The van der Waals surface area contributed by atoms with Crippen LogP contribution in [0.4, 0.5) is 0 Å². The maximum atomic E-state index is 12.0. The summed E-state index contributed by atoms with van der Waals surface area (Å²) in [6, 6.07) is 9.75. The Morgan fingerprint density at radius 1 is 1.22 bits per heavy atom. The molecule has 0 aliphatic heterocycles. The van der Waals surface area contributed by atoms with Gasteiger partial charge in [0.05, 0.1) is 0 Å². The van der Waals surface area contributed by atoms with Gasteiger partial charge in [0, 0.05) is 11.6 Å². The molecule has 1 aliphatic carbocycles. The first-order valence-corrected chi connectivity index (χ1v) is 7.11. The Labute approximate surface area is 110 Å². The van der Waals surface area contributed by atoms with Gasteiger partial charge in [-0.15, -0.1) is 0 Å². The van der Waals surface area contributed by atoms with Gasteiger partial charge in [-0.05, 0) is 31.4 Å². The predicted octanol–water partition coefficient (Wildman–Crippen LogP) is 3.78. The van der Waals surface area contributed by atoms with Gasteiger partial charge in [0.1, 0.15) is 0 Å². The van der Waals surface area contributed by atoms with Crippen molar-refractivity contribution in [3.05, 3.63) is 35.9 Å². The van der Waals surface area contributed by atoms with Crippen LogP contribution in [0.3, 0.4) is 0 Å². The number of carbonyl (C=O) groups excluding carboxylic acids is 1. The molecule has 2 nitrogen and oxygen atoms in total. The fourth-order valence-electron chi connectivity index (χ4n) is 2.88. The molecule has 0 heterocycles. The lowest BCUT2D eigenvalue weighted by atomic mass is 9.85. The summed E-state index contributed by atoms with van der Waals surface area (Å²) in [7, 11) is 0. The summed E-state index contributed by atoms with van der Waals surface area (Å²) in [5, 5.41) is 3.10. The van der Waals surface area contributed by atoms with Crippen LogP contribution in [-0.2, 0) is 0 Å². The largest absolute Gasteiger partial charge is 0.350 e. The van der Waals surface area contributed by atoms with E-state index in [1.807, 2.05) is 30.3 Å². The summed E-state index contributed by atoms with van der Waals surface area (Å²) in [6.07, 6.45) is 7.92.